The van der Waals surface area contributed by atoms with Crippen molar-refractivity contribution in [2.75, 3.05) is 25.1 Å². The summed E-state index contributed by atoms with van der Waals surface area (Å²) in [6, 6.07) is 26.6. The monoisotopic (exact) mass is 436 g/mol. The maximum absolute atomic E-state index is 5.31. The molecular weight excluding hydrogens is 408 g/mol. The summed E-state index contributed by atoms with van der Waals surface area (Å²) in [5.41, 5.74) is 6.10. The molecule has 0 N–H and O–H groups in total. The van der Waals surface area contributed by atoms with Gasteiger partial charge in [0.05, 0.1) is 18.5 Å². The molecule has 0 spiro atoms. The molecule has 4 aromatic rings. The Hall–Kier alpha value is -3.86. The van der Waals surface area contributed by atoms with E-state index in [4.69, 9.17) is 14.8 Å². The fourth-order valence-corrected chi connectivity index (χ4v) is 4.21. The van der Waals surface area contributed by atoms with Crippen LogP contribution in [0.3, 0.4) is 0 Å². The van der Waals surface area contributed by atoms with E-state index in [-0.39, 0.29) is 0 Å². The molecule has 33 heavy (non-hydrogen) atoms. The van der Waals surface area contributed by atoms with Crippen LogP contribution in [-0.4, -0.2) is 36.2 Å². The minimum Gasteiger partial charge on any atom is -0.497 e. The Morgan fingerprint density at radius 1 is 0.818 bits per heavy atom. The molecule has 2 heterocycles. The average Bonchev–Trinajstić information content (AvgIpc) is 3.33. The van der Waals surface area contributed by atoms with Crippen molar-refractivity contribution in [1.29, 1.82) is 0 Å². The molecule has 0 radical (unpaired) electrons. The highest BCUT2D eigenvalue weighted by molar-refractivity contribution is 5.90. The van der Waals surface area contributed by atoms with Crippen LogP contribution < -0.4 is 9.64 Å². The molecule has 0 unspecified atom stereocenters. The van der Waals surface area contributed by atoms with Crippen molar-refractivity contribution < 1.29 is 4.74 Å². The number of para-hydroxylation sites is 1. The molecule has 166 valence electrons. The van der Waals surface area contributed by atoms with E-state index in [1.54, 1.807) is 7.11 Å². The molecule has 0 aliphatic carbocycles. The number of nitrogens with zero attached hydrogens (tertiary/aromatic N) is 4. The predicted molar refractivity (Wildman–Crippen MR) is 135 cm³/mol. The Morgan fingerprint density at radius 3 is 2.24 bits per heavy atom. The number of aliphatic imine (C=N–C) groups is 1. The number of hydrogen-bond acceptors (Lipinski definition) is 4. The SMILES string of the molecule is COc1ccc(-c2nn(-c3ccccc3)cc2C=Nc2ccc(N3CCCCC3)cc2)cc1. The summed E-state index contributed by atoms with van der Waals surface area (Å²) in [4.78, 5) is 7.23. The predicted octanol–water partition coefficient (Wildman–Crippen LogP) is 6.29. The number of hydrogen-bond donors (Lipinski definition) is 0. The molecule has 0 amide bonds. The van der Waals surface area contributed by atoms with Crippen LogP contribution in [0.15, 0.2) is 90.1 Å². The van der Waals surface area contributed by atoms with Gasteiger partial charge in [-0.25, -0.2) is 4.68 Å². The van der Waals surface area contributed by atoms with Crippen molar-refractivity contribution in [2.45, 2.75) is 19.3 Å². The Bertz CT molecular complexity index is 1210. The van der Waals surface area contributed by atoms with E-state index in [0.29, 0.717) is 0 Å². The summed E-state index contributed by atoms with van der Waals surface area (Å²) < 4.78 is 7.22. The zero-order valence-corrected chi connectivity index (χ0v) is 18.9. The topological polar surface area (TPSA) is 42.6 Å². The second-order valence-electron chi connectivity index (χ2n) is 8.26. The molecular formula is C28H28N4O. The lowest BCUT2D eigenvalue weighted by Crippen LogP contribution is -2.29. The van der Waals surface area contributed by atoms with Crippen molar-refractivity contribution in [3.8, 4) is 22.7 Å². The number of methoxy groups -OCH3 is 1. The minimum atomic E-state index is 0.824. The second-order valence-corrected chi connectivity index (χ2v) is 8.26. The highest BCUT2D eigenvalue weighted by Crippen LogP contribution is 2.27. The van der Waals surface area contributed by atoms with E-state index in [2.05, 4.69) is 29.2 Å². The quantitative estimate of drug-likeness (QED) is 0.334. The van der Waals surface area contributed by atoms with Crippen LogP contribution in [0.2, 0.25) is 0 Å². The summed E-state index contributed by atoms with van der Waals surface area (Å²) in [5, 5.41) is 4.87. The molecule has 0 saturated carbocycles. The number of piperidine rings is 1. The van der Waals surface area contributed by atoms with E-state index in [0.717, 1.165) is 47.0 Å². The second kappa shape index (κ2) is 9.74. The molecule has 1 aromatic heterocycles. The number of aromatic nitrogens is 2. The molecule has 0 atom stereocenters. The van der Waals surface area contributed by atoms with Crippen molar-refractivity contribution >= 4 is 17.6 Å². The largest absolute Gasteiger partial charge is 0.497 e. The van der Waals surface area contributed by atoms with Crippen LogP contribution >= 0.6 is 0 Å². The molecule has 5 heteroatoms. The van der Waals surface area contributed by atoms with E-state index in [9.17, 15) is 0 Å². The molecule has 1 saturated heterocycles. The van der Waals surface area contributed by atoms with E-state index < -0.39 is 0 Å². The summed E-state index contributed by atoms with van der Waals surface area (Å²) in [7, 11) is 1.67. The van der Waals surface area contributed by atoms with Gasteiger partial charge in [-0.05, 0) is 79.9 Å². The molecule has 1 aliphatic heterocycles. The first-order valence-electron chi connectivity index (χ1n) is 11.5. The maximum atomic E-state index is 5.31. The Labute approximate surface area is 195 Å². The van der Waals surface area contributed by atoms with E-state index in [1.807, 2.05) is 71.7 Å². The Morgan fingerprint density at radius 2 is 1.55 bits per heavy atom. The van der Waals surface area contributed by atoms with Crippen LogP contribution in [0.25, 0.3) is 16.9 Å². The van der Waals surface area contributed by atoms with Crippen molar-refractivity contribution in [3.05, 3.63) is 90.6 Å². The molecule has 1 aliphatic rings. The first-order chi connectivity index (χ1) is 16.3. The van der Waals surface area contributed by atoms with Gasteiger partial charge in [0.2, 0.25) is 0 Å². The third kappa shape index (κ3) is 4.82. The van der Waals surface area contributed by atoms with Gasteiger partial charge in [0.15, 0.2) is 0 Å². The molecule has 1 fully saturated rings. The van der Waals surface area contributed by atoms with Gasteiger partial charge in [-0.3, -0.25) is 4.99 Å². The average molecular weight is 437 g/mol. The van der Waals surface area contributed by atoms with Crippen LogP contribution in [0.1, 0.15) is 24.8 Å². The third-order valence-electron chi connectivity index (χ3n) is 6.05. The van der Waals surface area contributed by atoms with Crippen LogP contribution in [-0.2, 0) is 0 Å². The fourth-order valence-electron chi connectivity index (χ4n) is 4.21. The number of benzene rings is 3. The molecule has 5 rings (SSSR count). The summed E-state index contributed by atoms with van der Waals surface area (Å²) in [5.74, 6) is 0.824. The van der Waals surface area contributed by atoms with Crippen LogP contribution in [0, 0.1) is 0 Å². The third-order valence-corrected chi connectivity index (χ3v) is 6.05. The Balaban J connectivity index is 1.44. The van der Waals surface area contributed by atoms with Gasteiger partial charge in [0.1, 0.15) is 11.4 Å². The van der Waals surface area contributed by atoms with Gasteiger partial charge < -0.3 is 9.64 Å². The molecule has 5 nitrogen and oxygen atoms in total. The fraction of sp³-hybridized carbons (Fsp3) is 0.214. The van der Waals surface area contributed by atoms with Crippen molar-refractivity contribution in [3.63, 3.8) is 0 Å². The smallest absolute Gasteiger partial charge is 0.118 e. The molecule has 0 bridgehead atoms. The number of rotatable bonds is 6. The zero-order chi connectivity index (χ0) is 22.5. The highest BCUT2D eigenvalue weighted by atomic mass is 16.5. The maximum Gasteiger partial charge on any atom is 0.118 e. The molecule has 3 aromatic carbocycles. The van der Waals surface area contributed by atoms with Gasteiger partial charge in [-0.1, -0.05) is 18.2 Å². The summed E-state index contributed by atoms with van der Waals surface area (Å²) in [6.07, 6.45) is 7.83. The van der Waals surface area contributed by atoms with Gasteiger partial charge in [-0.2, -0.15) is 5.10 Å². The Kier molecular flexibility index (Phi) is 6.20. The van der Waals surface area contributed by atoms with Crippen LogP contribution in [0.5, 0.6) is 5.75 Å². The van der Waals surface area contributed by atoms with Gasteiger partial charge >= 0.3 is 0 Å². The standard InChI is InChI=1S/C28H28N4O/c1-33-27-16-10-22(11-17-27)28-23(21-32(30-28)26-8-4-2-5-9-26)20-29-24-12-14-25(15-13-24)31-18-6-3-7-19-31/h2,4-5,8-17,20-21H,3,6-7,18-19H2,1H3. The van der Waals surface area contributed by atoms with Crippen molar-refractivity contribution in [1.82, 2.24) is 9.78 Å². The lowest BCUT2D eigenvalue weighted by atomic mass is 10.1. The van der Waals surface area contributed by atoms with Gasteiger partial charge in [-0.15, -0.1) is 0 Å². The lowest BCUT2D eigenvalue weighted by Gasteiger charge is -2.28. The van der Waals surface area contributed by atoms with Crippen molar-refractivity contribution in [2.24, 2.45) is 4.99 Å². The first kappa shape index (κ1) is 21.0. The normalized spacial score (nSPS) is 14.0. The van der Waals surface area contributed by atoms with Crippen LogP contribution in [0.4, 0.5) is 11.4 Å². The lowest BCUT2D eigenvalue weighted by molar-refractivity contribution is 0.415. The highest BCUT2D eigenvalue weighted by Gasteiger charge is 2.12. The summed E-state index contributed by atoms with van der Waals surface area (Å²) >= 11 is 0. The first-order valence-corrected chi connectivity index (χ1v) is 11.5. The summed E-state index contributed by atoms with van der Waals surface area (Å²) in [6.45, 7) is 2.29. The minimum absolute atomic E-state index is 0.824. The van der Waals surface area contributed by atoms with Gasteiger partial charge in [0.25, 0.3) is 0 Å². The van der Waals surface area contributed by atoms with E-state index >= 15 is 0 Å². The van der Waals surface area contributed by atoms with E-state index in [1.165, 1.54) is 24.9 Å². The zero-order valence-electron chi connectivity index (χ0n) is 18.9. The number of ether oxygens (including phenoxy) is 1. The van der Waals surface area contributed by atoms with Gasteiger partial charge in [0, 0.05) is 42.3 Å². The number of anilines is 1.